The molecule has 1 aromatic carbocycles. The summed E-state index contributed by atoms with van der Waals surface area (Å²) in [6.07, 6.45) is 2.37. The SMILES string of the molecule is CCCOc1ccc(Oc2ncc(Br)cc2[N+](=O)[O-])cc1. The van der Waals surface area contributed by atoms with E-state index >= 15 is 0 Å². The molecule has 21 heavy (non-hydrogen) atoms. The number of hydrogen-bond acceptors (Lipinski definition) is 5. The minimum Gasteiger partial charge on any atom is -0.494 e. The second-order valence-electron chi connectivity index (χ2n) is 4.16. The van der Waals surface area contributed by atoms with Crippen LogP contribution in [0.5, 0.6) is 17.4 Å². The van der Waals surface area contributed by atoms with Crippen molar-refractivity contribution in [3.63, 3.8) is 0 Å². The normalized spacial score (nSPS) is 10.2. The van der Waals surface area contributed by atoms with Crippen LogP contribution in [-0.4, -0.2) is 16.5 Å². The first-order valence-corrected chi connectivity index (χ1v) is 7.10. The molecule has 6 nitrogen and oxygen atoms in total. The van der Waals surface area contributed by atoms with E-state index in [1.54, 1.807) is 24.3 Å². The number of hydrogen-bond donors (Lipinski definition) is 0. The zero-order chi connectivity index (χ0) is 15.2. The molecule has 0 N–H and O–H groups in total. The number of benzene rings is 1. The van der Waals surface area contributed by atoms with Crippen molar-refractivity contribution in [2.24, 2.45) is 0 Å². The van der Waals surface area contributed by atoms with Gasteiger partial charge in [0, 0.05) is 16.7 Å². The first-order valence-electron chi connectivity index (χ1n) is 6.31. The van der Waals surface area contributed by atoms with Gasteiger partial charge in [0.1, 0.15) is 11.5 Å². The van der Waals surface area contributed by atoms with Crippen molar-refractivity contribution >= 4 is 21.6 Å². The fourth-order valence-corrected chi connectivity index (χ4v) is 1.88. The molecule has 1 aromatic heterocycles. The van der Waals surface area contributed by atoms with Crippen molar-refractivity contribution in [3.05, 3.63) is 51.1 Å². The number of ether oxygens (including phenoxy) is 2. The van der Waals surface area contributed by atoms with Gasteiger partial charge in [-0.2, -0.15) is 0 Å². The molecule has 0 fully saturated rings. The number of pyridine rings is 1. The quantitative estimate of drug-likeness (QED) is 0.571. The van der Waals surface area contributed by atoms with Crippen molar-refractivity contribution < 1.29 is 14.4 Å². The first-order chi connectivity index (χ1) is 10.1. The van der Waals surface area contributed by atoms with Crippen LogP contribution in [0, 0.1) is 10.1 Å². The molecule has 0 aliphatic rings. The summed E-state index contributed by atoms with van der Waals surface area (Å²) in [4.78, 5) is 14.4. The van der Waals surface area contributed by atoms with Crippen LogP contribution >= 0.6 is 15.9 Å². The highest BCUT2D eigenvalue weighted by molar-refractivity contribution is 9.10. The summed E-state index contributed by atoms with van der Waals surface area (Å²) in [6, 6.07) is 8.20. The van der Waals surface area contributed by atoms with Crippen LogP contribution in [0.1, 0.15) is 13.3 Å². The molecular formula is C14H13BrN2O4. The van der Waals surface area contributed by atoms with Gasteiger partial charge in [-0.25, -0.2) is 4.98 Å². The number of halogens is 1. The summed E-state index contributed by atoms with van der Waals surface area (Å²) in [5, 5.41) is 11.0. The summed E-state index contributed by atoms with van der Waals surface area (Å²) >= 11 is 3.14. The number of nitrogens with zero attached hydrogens (tertiary/aromatic N) is 2. The van der Waals surface area contributed by atoms with Gasteiger partial charge in [0.25, 0.3) is 5.88 Å². The molecule has 2 rings (SSSR count). The topological polar surface area (TPSA) is 74.5 Å². The van der Waals surface area contributed by atoms with Crippen LogP contribution in [0.25, 0.3) is 0 Å². The first kappa shape index (κ1) is 15.2. The van der Waals surface area contributed by atoms with E-state index in [2.05, 4.69) is 20.9 Å². The van der Waals surface area contributed by atoms with Gasteiger partial charge in [0.2, 0.25) is 0 Å². The highest BCUT2D eigenvalue weighted by Gasteiger charge is 2.18. The van der Waals surface area contributed by atoms with Crippen LogP contribution in [0.2, 0.25) is 0 Å². The van der Waals surface area contributed by atoms with Gasteiger partial charge in [-0.3, -0.25) is 10.1 Å². The Bertz CT molecular complexity index is 631. The Labute approximate surface area is 130 Å². The molecule has 0 aliphatic carbocycles. The minimum absolute atomic E-state index is 0.0505. The molecule has 7 heteroatoms. The molecule has 2 aromatic rings. The third-order valence-electron chi connectivity index (χ3n) is 2.51. The predicted molar refractivity (Wildman–Crippen MR) is 80.9 cm³/mol. The van der Waals surface area contributed by atoms with E-state index in [0.29, 0.717) is 16.8 Å². The lowest BCUT2D eigenvalue weighted by molar-refractivity contribution is -0.386. The lowest BCUT2D eigenvalue weighted by Crippen LogP contribution is -1.97. The zero-order valence-electron chi connectivity index (χ0n) is 11.3. The molecule has 0 spiro atoms. The maximum atomic E-state index is 11.0. The van der Waals surface area contributed by atoms with Crippen LogP contribution in [0.3, 0.4) is 0 Å². The highest BCUT2D eigenvalue weighted by Crippen LogP contribution is 2.31. The van der Waals surface area contributed by atoms with Gasteiger partial charge in [0.05, 0.1) is 11.5 Å². The Morgan fingerprint density at radius 1 is 1.29 bits per heavy atom. The van der Waals surface area contributed by atoms with E-state index in [9.17, 15) is 10.1 Å². The van der Waals surface area contributed by atoms with E-state index in [1.165, 1.54) is 12.3 Å². The van der Waals surface area contributed by atoms with Crippen molar-refractivity contribution in [1.29, 1.82) is 0 Å². The standard InChI is InChI=1S/C14H13BrN2O4/c1-2-7-20-11-3-5-12(6-4-11)21-14-13(17(18)19)8-10(15)9-16-14/h3-6,8-9H,2,7H2,1H3. The van der Waals surface area contributed by atoms with Crippen molar-refractivity contribution in [2.75, 3.05) is 6.61 Å². The summed E-state index contributed by atoms with van der Waals surface area (Å²) in [5.74, 6) is 1.13. The Hall–Kier alpha value is -2.15. The molecule has 0 aliphatic heterocycles. The van der Waals surface area contributed by atoms with E-state index in [0.717, 1.165) is 12.2 Å². The third-order valence-corrected chi connectivity index (χ3v) is 2.94. The number of nitro groups is 1. The fourth-order valence-electron chi connectivity index (χ4n) is 1.56. The van der Waals surface area contributed by atoms with E-state index < -0.39 is 4.92 Å². The van der Waals surface area contributed by atoms with E-state index in [4.69, 9.17) is 9.47 Å². The van der Waals surface area contributed by atoms with Crippen LogP contribution in [0.4, 0.5) is 5.69 Å². The summed E-state index contributed by atoms with van der Waals surface area (Å²) in [7, 11) is 0. The van der Waals surface area contributed by atoms with Crippen molar-refractivity contribution in [3.8, 4) is 17.4 Å². The van der Waals surface area contributed by atoms with Gasteiger partial charge < -0.3 is 9.47 Å². The van der Waals surface area contributed by atoms with Crippen molar-refractivity contribution in [1.82, 2.24) is 4.98 Å². The Morgan fingerprint density at radius 3 is 2.57 bits per heavy atom. The molecule has 0 saturated heterocycles. The van der Waals surface area contributed by atoms with E-state index in [-0.39, 0.29) is 11.6 Å². The summed E-state index contributed by atoms with van der Waals surface area (Å²) in [5.41, 5.74) is -0.198. The third kappa shape index (κ3) is 4.16. The smallest absolute Gasteiger partial charge is 0.332 e. The molecule has 0 bridgehead atoms. The summed E-state index contributed by atoms with van der Waals surface area (Å²) in [6.45, 7) is 2.66. The lowest BCUT2D eigenvalue weighted by Gasteiger charge is -2.07. The van der Waals surface area contributed by atoms with Gasteiger partial charge in [-0.05, 0) is 46.6 Å². The van der Waals surface area contributed by atoms with Gasteiger partial charge in [-0.1, -0.05) is 6.92 Å². The molecule has 1 heterocycles. The maximum absolute atomic E-state index is 11.0. The molecule has 0 atom stereocenters. The lowest BCUT2D eigenvalue weighted by atomic mass is 10.3. The molecule has 0 radical (unpaired) electrons. The molecule has 110 valence electrons. The predicted octanol–water partition coefficient (Wildman–Crippen LogP) is 4.33. The summed E-state index contributed by atoms with van der Waals surface area (Å²) < 4.78 is 11.4. The second-order valence-corrected chi connectivity index (χ2v) is 5.07. The largest absolute Gasteiger partial charge is 0.494 e. The van der Waals surface area contributed by atoms with Crippen LogP contribution < -0.4 is 9.47 Å². The van der Waals surface area contributed by atoms with Gasteiger partial charge in [0.15, 0.2) is 0 Å². The fraction of sp³-hybridized carbons (Fsp3) is 0.214. The number of aromatic nitrogens is 1. The second kappa shape index (κ2) is 7.03. The van der Waals surface area contributed by atoms with Gasteiger partial charge in [-0.15, -0.1) is 0 Å². The Balaban J connectivity index is 2.16. The number of rotatable bonds is 6. The van der Waals surface area contributed by atoms with E-state index in [1.807, 2.05) is 6.92 Å². The Morgan fingerprint density at radius 2 is 1.95 bits per heavy atom. The molecular weight excluding hydrogens is 340 g/mol. The van der Waals surface area contributed by atoms with Gasteiger partial charge >= 0.3 is 5.69 Å². The average molecular weight is 353 g/mol. The average Bonchev–Trinajstić information content (AvgIpc) is 2.48. The maximum Gasteiger partial charge on any atom is 0.332 e. The molecule has 0 amide bonds. The minimum atomic E-state index is -0.536. The Kier molecular flexibility index (Phi) is 5.10. The highest BCUT2D eigenvalue weighted by atomic mass is 79.9. The molecule has 0 unspecified atom stereocenters. The van der Waals surface area contributed by atoms with Crippen LogP contribution in [0.15, 0.2) is 41.0 Å². The van der Waals surface area contributed by atoms with Crippen molar-refractivity contribution in [2.45, 2.75) is 13.3 Å². The van der Waals surface area contributed by atoms with Crippen LogP contribution in [-0.2, 0) is 0 Å². The monoisotopic (exact) mass is 352 g/mol. The zero-order valence-corrected chi connectivity index (χ0v) is 12.9. The molecule has 0 saturated carbocycles.